The predicted octanol–water partition coefficient (Wildman–Crippen LogP) is 21.8. The summed E-state index contributed by atoms with van der Waals surface area (Å²) in [4.78, 5) is 96.7. The van der Waals surface area contributed by atoms with Gasteiger partial charge in [0.15, 0.2) is 24.8 Å². The summed E-state index contributed by atoms with van der Waals surface area (Å²) in [6.45, 7) is 12.3. The lowest BCUT2D eigenvalue weighted by molar-refractivity contribution is -0.297. The van der Waals surface area contributed by atoms with E-state index in [4.69, 9.17) is 37.7 Å². The average Bonchev–Trinajstić information content (AvgIpc) is 0.785. The number of carbonyl (C=O) groups excluding carboxylic acids is 6. The summed E-state index contributed by atoms with van der Waals surface area (Å²) in [5.74, 6) is -4.31. The maximum atomic E-state index is 15.1. The Bertz CT molecular complexity index is 2600. The van der Waals surface area contributed by atoms with Crippen molar-refractivity contribution in [1.29, 1.82) is 0 Å². The molecule has 15 atom stereocenters. The van der Waals surface area contributed by atoms with Crippen molar-refractivity contribution in [2.24, 2.45) is 0 Å². The smallest absolute Gasteiger partial charge is 0.327 e. The first-order valence-electron chi connectivity index (χ1n) is 49.9. The Morgan fingerprint density at radius 2 is 0.669 bits per heavy atom. The Hall–Kier alpha value is -3.61. The molecule has 2 aliphatic heterocycles. The van der Waals surface area contributed by atoms with E-state index in [0.717, 1.165) is 219 Å². The molecule has 2 saturated heterocycles. The first-order valence-corrected chi connectivity index (χ1v) is 51.9. The van der Waals surface area contributed by atoms with Crippen LogP contribution in [0.25, 0.3) is 0 Å². The van der Waals surface area contributed by atoms with Gasteiger partial charge in [-0.1, -0.05) is 362 Å². The number of carbonyl (C=O) groups is 6. The van der Waals surface area contributed by atoms with Gasteiger partial charge in [-0.05, 0) is 77.0 Å². The zero-order chi connectivity index (χ0) is 88.6. The molecule has 0 spiro atoms. The van der Waals surface area contributed by atoms with E-state index >= 15 is 4.79 Å². The second-order valence-electron chi connectivity index (χ2n) is 35.6. The quantitative estimate of drug-likeness (QED) is 0.00922. The molecule has 0 radical (unpaired) electrons. The van der Waals surface area contributed by atoms with Crippen molar-refractivity contribution in [3.63, 3.8) is 0 Å². The molecular weight excluding hydrogens is 1560 g/mol. The molecule has 2 heterocycles. The molecule has 2 rings (SSSR count). The lowest BCUT2D eigenvalue weighted by Crippen LogP contribution is -2.67. The second kappa shape index (κ2) is 76.4. The molecule has 2 aliphatic rings. The molecule has 2 fully saturated rings. The molecule has 0 bridgehead atoms. The third-order valence-electron chi connectivity index (χ3n) is 23.8. The van der Waals surface area contributed by atoms with Gasteiger partial charge < -0.3 is 74.2 Å². The molecule has 0 aromatic rings. The fourth-order valence-corrected chi connectivity index (χ4v) is 17.0. The normalized spacial score (nSPS) is 20.8. The number of unbranched alkanes of at least 4 members (excludes halogenated alkanes) is 49. The van der Waals surface area contributed by atoms with Crippen LogP contribution in [0.1, 0.15) is 465 Å². The van der Waals surface area contributed by atoms with Crippen LogP contribution in [-0.2, 0) is 71.0 Å². The van der Waals surface area contributed by atoms with E-state index in [1.54, 1.807) is 0 Å². The third kappa shape index (κ3) is 60.7. The predicted molar refractivity (Wildman–Crippen MR) is 483 cm³/mol. The molecule has 0 aromatic heterocycles. The van der Waals surface area contributed by atoms with Gasteiger partial charge in [0, 0.05) is 19.5 Å². The van der Waals surface area contributed by atoms with Gasteiger partial charge in [0.05, 0.1) is 51.1 Å². The highest BCUT2D eigenvalue weighted by molar-refractivity contribution is 7.51. The number of hydrogen-bond acceptors (Lipinski definition) is 20. The summed E-state index contributed by atoms with van der Waals surface area (Å²) in [5, 5.41) is 63.9. The summed E-state index contributed by atoms with van der Waals surface area (Å²) >= 11 is 0. The van der Waals surface area contributed by atoms with Crippen molar-refractivity contribution in [2.45, 2.75) is 551 Å². The molecule has 710 valence electrons. The Balaban J connectivity index is 2.72. The fourth-order valence-electron chi connectivity index (χ4n) is 16.4. The number of aliphatic hydroxyl groups excluding tert-OH is 5. The number of esters is 4. The van der Waals surface area contributed by atoms with Crippen LogP contribution in [0.3, 0.4) is 0 Å². The number of aliphatic hydroxyl groups is 5. The topological polar surface area (TPSA) is 339 Å². The van der Waals surface area contributed by atoms with E-state index in [1.807, 2.05) is 0 Å². The van der Waals surface area contributed by atoms with Gasteiger partial charge >= 0.3 is 31.5 Å². The molecule has 10 unspecified atom stereocenters. The van der Waals surface area contributed by atoms with E-state index in [0.29, 0.717) is 57.8 Å². The standard InChI is InChI=1S/C97H181N2O21P/c1-8-14-20-26-32-38-39-40-41-47-53-59-64-70-86(105)114-80(68-62-56-50-44-35-29-23-17-11-4)74-85(104)99-90-94(119-89(108)75-81(69-63-57-51-45-36-30-24-18-12-5)115-87(106)71-65-58-52-46-37-31-25-19-13-6)92(109)82(76-100)116-96(90)113-77-83-93(110)95(118-88(107)73-79(102)67-61-55-49-43-34-28-22-16-10-3)91(97(117-83)120-121(7,111)112)98-84(103)72-78(101)66-60-54-48-42-33-27-21-15-9-2/h38-39,78-83,90-97,100-102,109-110H,8-37,40-77H2,1-7H3,(H,98,103)(H,99,104)(H,111,112)/b39-38-/t78?,79?,80?,81?,82?,83?,90?,91?,92-,93-,94-,95-,96-,97?/m1/s1. The maximum Gasteiger partial charge on any atom is 0.327 e. The van der Waals surface area contributed by atoms with Crippen molar-refractivity contribution in [1.82, 2.24) is 10.6 Å². The number of rotatable bonds is 83. The first kappa shape index (κ1) is 113. The highest BCUT2D eigenvalue weighted by Crippen LogP contribution is 2.42. The van der Waals surface area contributed by atoms with E-state index in [2.05, 4.69) is 64.3 Å². The van der Waals surface area contributed by atoms with Crippen LogP contribution in [0.5, 0.6) is 0 Å². The Kier molecular flexibility index (Phi) is 71.7. The van der Waals surface area contributed by atoms with Crippen LogP contribution in [-0.4, -0.2) is 172 Å². The lowest BCUT2D eigenvalue weighted by Gasteiger charge is -2.46. The summed E-state index contributed by atoms with van der Waals surface area (Å²) in [5.41, 5.74) is 0. The molecular formula is C97H181N2O21P. The minimum Gasteiger partial charge on any atom is -0.462 e. The van der Waals surface area contributed by atoms with Crippen molar-refractivity contribution in [2.75, 3.05) is 19.9 Å². The Morgan fingerprint density at radius 3 is 1.05 bits per heavy atom. The van der Waals surface area contributed by atoms with Crippen LogP contribution >= 0.6 is 7.60 Å². The fraction of sp³-hybridized carbons (Fsp3) is 0.918. The molecule has 23 nitrogen and oxygen atoms in total. The third-order valence-corrected chi connectivity index (χ3v) is 24.4. The average molecular weight is 1740 g/mol. The van der Waals surface area contributed by atoms with E-state index in [-0.39, 0.29) is 25.7 Å². The van der Waals surface area contributed by atoms with Crippen molar-refractivity contribution >= 4 is 43.3 Å². The van der Waals surface area contributed by atoms with E-state index in [1.165, 1.54) is 109 Å². The van der Waals surface area contributed by atoms with Gasteiger partial charge in [-0.25, -0.2) is 0 Å². The molecule has 2 amide bonds. The molecule has 24 heteroatoms. The number of allylic oxidation sites excluding steroid dienone is 2. The molecule has 0 saturated carbocycles. The molecule has 0 aromatic carbocycles. The lowest BCUT2D eigenvalue weighted by atomic mass is 9.95. The minimum absolute atomic E-state index is 0.146. The maximum absolute atomic E-state index is 15.1. The van der Waals surface area contributed by atoms with Crippen LogP contribution in [0.15, 0.2) is 12.2 Å². The van der Waals surface area contributed by atoms with Crippen LogP contribution in [0.2, 0.25) is 0 Å². The van der Waals surface area contributed by atoms with Gasteiger partial charge in [0.1, 0.15) is 48.7 Å². The zero-order valence-corrected chi connectivity index (χ0v) is 78.5. The van der Waals surface area contributed by atoms with Crippen molar-refractivity contribution in [3.8, 4) is 0 Å². The number of nitrogens with one attached hydrogen (secondary N) is 2. The highest BCUT2D eigenvalue weighted by Gasteiger charge is 2.53. The van der Waals surface area contributed by atoms with Crippen LogP contribution in [0, 0.1) is 0 Å². The zero-order valence-electron chi connectivity index (χ0n) is 77.6. The van der Waals surface area contributed by atoms with Gasteiger partial charge in [0.25, 0.3) is 0 Å². The Morgan fingerprint density at radius 1 is 0.372 bits per heavy atom. The van der Waals surface area contributed by atoms with Crippen molar-refractivity contribution < 1.29 is 101 Å². The minimum atomic E-state index is -4.62. The van der Waals surface area contributed by atoms with Crippen LogP contribution in [0.4, 0.5) is 0 Å². The monoisotopic (exact) mass is 1740 g/mol. The SMILES string of the molecule is CCCCCC/C=C\CCCCCCCC(=O)OC(CCCCCCCCCCC)CC(=O)NC1[C@H](OCC2OC(OP(C)(=O)O)C(NC(=O)CC(O)CCCCCCCCCCC)[C@@H](OC(=O)CC(O)CCCCCCCCCCC)[C@@H]2O)OC(CO)[C@@H](O)[C@@H]1OC(=O)CC(CCCCCCCCCCC)OC(=O)CCCCCCCCCCC. The summed E-state index contributed by atoms with van der Waals surface area (Å²) in [7, 11) is -4.62. The number of hydrogen-bond donors (Lipinski definition) is 8. The molecule has 0 aliphatic carbocycles. The van der Waals surface area contributed by atoms with E-state index in [9.17, 15) is 59.0 Å². The Labute approximate surface area is 734 Å². The number of ether oxygens (including phenoxy) is 7. The largest absolute Gasteiger partial charge is 0.462 e. The van der Waals surface area contributed by atoms with Gasteiger partial charge in [-0.2, -0.15) is 0 Å². The highest BCUT2D eigenvalue weighted by atomic mass is 31.2. The van der Waals surface area contributed by atoms with Gasteiger partial charge in [0.2, 0.25) is 11.8 Å². The summed E-state index contributed by atoms with van der Waals surface area (Å²) in [6, 6.07) is -3.36. The van der Waals surface area contributed by atoms with Crippen molar-refractivity contribution in [3.05, 3.63) is 12.2 Å². The van der Waals surface area contributed by atoms with Crippen LogP contribution < -0.4 is 10.6 Å². The summed E-state index contributed by atoms with van der Waals surface area (Å²) < 4.78 is 62.8. The van der Waals surface area contributed by atoms with E-state index < -0.39 is 161 Å². The second-order valence-corrected chi connectivity index (χ2v) is 37.4. The van der Waals surface area contributed by atoms with Gasteiger partial charge in [-0.3, -0.25) is 37.9 Å². The molecule has 8 N–H and O–H groups in total. The first-order chi connectivity index (χ1) is 58.6. The molecule has 121 heavy (non-hydrogen) atoms. The van der Waals surface area contributed by atoms with Gasteiger partial charge in [-0.15, -0.1) is 0 Å². The summed E-state index contributed by atoms with van der Waals surface area (Å²) in [6.07, 6.45) is 44.0. The number of amides is 2.